The largest absolute Gasteiger partial charge is 0.0876 e. The van der Waals surface area contributed by atoms with E-state index in [9.17, 15) is 0 Å². The summed E-state index contributed by atoms with van der Waals surface area (Å²) in [5.41, 5.74) is 4.15. The molecule has 66 valence electrons. The van der Waals surface area contributed by atoms with E-state index in [4.69, 9.17) is 0 Å². The van der Waals surface area contributed by atoms with Gasteiger partial charge in [-0.25, -0.2) is 0 Å². The maximum absolute atomic E-state index is 3.47. The number of rotatable bonds is 3. The quantitative estimate of drug-likeness (QED) is 0.738. The van der Waals surface area contributed by atoms with Crippen molar-refractivity contribution < 1.29 is 0 Å². The SMILES string of the molecule is CCc1cc(CBr)cc(CBr)c1. The van der Waals surface area contributed by atoms with Crippen molar-refractivity contribution in [3.8, 4) is 0 Å². The molecule has 2 heteroatoms. The Balaban J connectivity index is 3.01. The van der Waals surface area contributed by atoms with Crippen molar-refractivity contribution in [3.63, 3.8) is 0 Å². The zero-order valence-corrected chi connectivity index (χ0v) is 10.3. The number of aryl methyl sites for hydroxylation is 1. The van der Waals surface area contributed by atoms with Crippen LogP contribution in [0.25, 0.3) is 0 Å². The third kappa shape index (κ3) is 2.60. The van der Waals surface area contributed by atoms with Gasteiger partial charge in [0.05, 0.1) is 0 Å². The summed E-state index contributed by atoms with van der Waals surface area (Å²) in [7, 11) is 0. The summed E-state index contributed by atoms with van der Waals surface area (Å²) in [5.74, 6) is 0. The van der Waals surface area contributed by atoms with Crippen LogP contribution < -0.4 is 0 Å². The van der Waals surface area contributed by atoms with E-state index < -0.39 is 0 Å². The van der Waals surface area contributed by atoms with Gasteiger partial charge in [0.15, 0.2) is 0 Å². The predicted molar refractivity (Wildman–Crippen MR) is 61.1 cm³/mol. The van der Waals surface area contributed by atoms with E-state index in [1.54, 1.807) is 0 Å². The Hall–Kier alpha value is 0.180. The van der Waals surface area contributed by atoms with Gasteiger partial charge in [0.1, 0.15) is 0 Å². The second-order valence-electron chi connectivity index (χ2n) is 2.78. The molecule has 1 aromatic carbocycles. The maximum atomic E-state index is 3.47. The van der Waals surface area contributed by atoms with Crippen LogP contribution in [0.5, 0.6) is 0 Å². The van der Waals surface area contributed by atoms with Gasteiger partial charge in [-0.3, -0.25) is 0 Å². The molecule has 0 fully saturated rings. The van der Waals surface area contributed by atoms with Gasteiger partial charge in [-0.1, -0.05) is 57.0 Å². The summed E-state index contributed by atoms with van der Waals surface area (Å²) in [6.07, 6.45) is 1.11. The fraction of sp³-hybridized carbons (Fsp3) is 0.400. The Labute approximate surface area is 90.6 Å². The lowest BCUT2D eigenvalue weighted by molar-refractivity contribution is 1.12. The molecule has 0 heterocycles. The number of hydrogen-bond acceptors (Lipinski definition) is 0. The molecule has 12 heavy (non-hydrogen) atoms. The van der Waals surface area contributed by atoms with Crippen LogP contribution in [-0.2, 0) is 17.1 Å². The molecule has 0 aliphatic rings. The molecular formula is C10H12Br2. The summed E-state index contributed by atoms with van der Waals surface area (Å²) >= 11 is 6.94. The van der Waals surface area contributed by atoms with Crippen LogP contribution in [0, 0.1) is 0 Å². The van der Waals surface area contributed by atoms with E-state index in [2.05, 4.69) is 57.0 Å². The van der Waals surface area contributed by atoms with Crippen molar-refractivity contribution in [3.05, 3.63) is 34.9 Å². The molecule has 0 spiro atoms. The second-order valence-corrected chi connectivity index (χ2v) is 3.90. The summed E-state index contributed by atoms with van der Waals surface area (Å²) < 4.78 is 0. The third-order valence-corrected chi connectivity index (χ3v) is 3.12. The van der Waals surface area contributed by atoms with Gasteiger partial charge in [0.2, 0.25) is 0 Å². The van der Waals surface area contributed by atoms with Gasteiger partial charge in [-0.2, -0.15) is 0 Å². The molecule has 0 nitrogen and oxygen atoms in total. The van der Waals surface area contributed by atoms with E-state index in [0.29, 0.717) is 0 Å². The molecule has 1 rings (SSSR count). The monoisotopic (exact) mass is 290 g/mol. The van der Waals surface area contributed by atoms with Crippen LogP contribution in [0.4, 0.5) is 0 Å². The van der Waals surface area contributed by atoms with Gasteiger partial charge in [-0.05, 0) is 23.1 Å². The smallest absolute Gasteiger partial charge is 0.0283 e. The Morgan fingerprint density at radius 2 is 1.33 bits per heavy atom. The van der Waals surface area contributed by atoms with E-state index in [1.165, 1.54) is 16.7 Å². The molecule has 0 saturated carbocycles. The molecule has 0 unspecified atom stereocenters. The van der Waals surface area contributed by atoms with Gasteiger partial charge >= 0.3 is 0 Å². The zero-order chi connectivity index (χ0) is 8.97. The van der Waals surface area contributed by atoms with Crippen LogP contribution >= 0.6 is 31.9 Å². The van der Waals surface area contributed by atoms with Crippen molar-refractivity contribution >= 4 is 31.9 Å². The molecule has 1 aromatic rings. The molecule has 0 bridgehead atoms. The van der Waals surface area contributed by atoms with Gasteiger partial charge in [-0.15, -0.1) is 0 Å². The van der Waals surface area contributed by atoms with Crippen LogP contribution in [0.1, 0.15) is 23.6 Å². The molecule has 0 atom stereocenters. The van der Waals surface area contributed by atoms with Crippen LogP contribution in [-0.4, -0.2) is 0 Å². The highest BCUT2D eigenvalue weighted by atomic mass is 79.9. The lowest BCUT2D eigenvalue weighted by Gasteiger charge is -2.04. The van der Waals surface area contributed by atoms with E-state index in [1.807, 2.05) is 0 Å². The summed E-state index contributed by atoms with van der Waals surface area (Å²) in [6, 6.07) is 6.73. The lowest BCUT2D eigenvalue weighted by atomic mass is 10.1. The lowest BCUT2D eigenvalue weighted by Crippen LogP contribution is -1.88. The molecule has 0 aromatic heterocycles. The summed E-state index contributed by atoms with van der Waals surface area (Å²) in [5, 5.41) is 1.89. The molecule has 0 radical (unpaired) electrons. The average Bonchev–Trinajstić information content (AvgIpc) is 2.16. The Morgan fingerprint density at radius 3 is 1.67 bits per heavy atom. The number of alkyl halides is 2. The highest BCUT2D eigenvalue weighted by Crippen LogP contribution is 2.15. The standard InChI is InChI=1S/C10H12Br2/c1-2-8-3-9(6-11)5-10(4-8)7-12/h3-5H,2,6-7H2,1H3. The van der Waals surface area contributed by atoms with E-state index in [0.717, 1.165) is 17.1 Å². The minimum Gasteiger partial charge on any atom is -0.0876 e. The molecular weight excluding hydrogens is 280 g/mol. The Bertz CT molecular complexity index is 201. The molecule has 0 aliphatic carbocycles. The highest BCUT2D eigenvalue weighted by Gasteiger charge is 1.97. The Kier molecular flexibility index (Phi) is 4.30. The van der Waals surface area contributed by atoms with Crippen LogP contribution in [0.2, 0.25) is 0 Å². The van der Waals surface area contributed by atoms with Crippen molar-refractivity contribution in [1.82, 2.24) is 0 Å². The maximum Gasteiger partial charge on any atom is 0.0283 e. The minimum absolute atomic E-state index is 0.945. The first kappa shape index (κ1) is 10.3. The molecule has 0 saturated heterocycles. The Morgan fingerprint density at radius 1 is 0.917 bits per heavy atom. The number of halogens is 2. The second kappa shape index (κ2) is 5.03. The normalized spacial score (nSPS) is 10.2. The third-order valence-electron chi connectivity index (χ3n) is 1.83. The fourth-order valence-corrected chi connectivity index (χ4v) is 1.85. The summed E-state index contributed by atoms with van der Waals surface area (Å²) in [6.45, 7) is 2.19. The van der Waals surface area contributed by atoms with Crippen molar-refractivity contribution in [2.24, 2.45) is 0 Å². The van der Waals surface area contributed by atoms with E-state index >= 15 is 0 Å². The zero-order valence-electron chi connectivity index (χ0n) is 7.11. The first-order valence-corrected chi connectivity index (χ1v) is 6.28. The molecule has 0 amide bonds. The summed E-state index contributed by atoms with van der Waals surface area (Å²) in [4.78, 5) is 0. The molecule has 0 aliphatic heterocycles. The van der Waals surface area contributed by atoms with Gasteiger partial charge in [0, 0.05) is 10.7 Å². The van der Waals surface area contributed by atoms with Crippen molar-refractivity contribution in [1.29, 1.82) is 0 Å². The van der Waals surface area contributed by atoms with Crippen LogP contribution in [0.3, 0.4) is 0 Å². The molecule has 0 N–H and O–H groups in total. The first-order valence-electron chi connectivity index (χ1n) is 4.03. The highest BCUT2D eigenvalue weighted by molar-refractivity contribution is 9.08. The van der Waals surface area contributed by atoms with Crippen molar-refractivity contribution in [2.75, 3.05) is 0 Å². The topological polar surface area (TPSA) is 0 Å². The van der Waals surface area contributed by atoms with Gasteiger partial charge in [0.25, 0.3) is 0 Å². The van der Waals surface area contributed by atoms with Crippen LogP contribution in [0.15, 0.2) is 18.2 Å². The fourth-order valence-electron chi connectivity index (χ4n) is 1.20. The first-order chi connectivity index (χ1) is 5.80. The van der Waals surface area contributed by atoms with Crippen molar-refractivity contribution in [2.45, 2.75) is 24.0 Å². The number of hydrogen-bond donors (Lipinski definition) is 0. The van der Waals surface area contributed by atoms with Gasteiger partial charge < -0.3 is 0 Å². The predicted octanol–water partition coefficient (Wildman–Crippen LogP) is 4.04. The number of benzene rings is 1. The minimum atomic E-state index is 0.945. The average molecular weight is 292 g/mol. The van der Waals surface area contributed by atoms with E-state index in [-0.39, 0.29) is 0 Å².